The first-order chi connectivity index (χ1) is 16.8. The Hall–Kier alpha value is -2.48. The predicted molar refractivity (Wildman–Crippen MR) is 132 cm³/mol. The van der Waals surface area contributed by atoms with E-state index in [9.17, 15) is 30.0 Å². The van der Waals surface area contributed by atoms with Crippen molar-refractivity contribution in [2.75, 3.05) is 13.2 Å². The molecule has 0 unspecified atom stereocenters. The summed E-state index contributed by atoms with van der Waals surface area (Å²) in [6.45, 7) is 1.30. The van der Waals surface area contributed by atoms with Crippen molar-refractivity contribution in [1.29, 1.82) is 0 Å². The number of aromatic hydroxyl groups is 1. The van der Waals surface area contributed by atoms with Crippen LogP contribution in [0, 0.1) is 17.8 Å². The van der Waals surface area contributed by atoms with Crippen molar-refractivity contribution in [1.82, 2.24) is 4.90 Å². The summed E-state index contributed by atoms with van der Waals surface area (Å²) in [7, 11) is 0. The maximum Gasteiger partial charge on any atom is 0.234 e. The Labute approximate surface area is 206 Å². The normalized spacial score (nSPS) is 26.9. The molecule has 2 amide bonds. The molecule has 1 heterocycles. The monoisotopic (exact) mass is 483 g/mol. The van der Waals surface area contributed by atoms with Gasteiger partial charge in [-0.25, -0.2) is 0 Å². The Morgan fingerprint density at radius 2 is 1.77 bits per heavy atom. The summed E-state index contributed by atoms with van der Waals surface area (Å²) in [5.74, 6) is -2.13. The van der Waals surface area contributed by atoms with Gasteiger partial charge in [-0.15, -0.1) is 0 Å². The van der Waals surface area contributed by atoms with E-state index in [2.05, 4.69) is 0 Å². The fourth-order valence-corrected chi connectivity index (χ4v) is 6.28. The van der Waals surface area contributed by atoms with Crippen LogP contribution in [0.5, 0.6) is 5.75 Å². The molecule has 1 aromatic rings. The number of phenols is 1. The van der Waals surface area contributed by atoms with Gasteiger partial charge in [-0.3, -0.25) is 14.5 Å². The first kappa shape index (κ1) is 25.6. The van der Waals surface area contributed by atoms with Crippen LogP contribution in [0.25, 0.3) is 6.08 Å². The number of aliphatic hydroxyl groups excluding tert-OH is 3. The highest BCUT2D eigenvalue weighted by Gasteiger charge is 2.56. The van der Waals surface area contributed by atoms with E-state index in [1.807, 2.05) is 25.1 Å². The molecule has 7 nitrogen and oxygen atoms in total. The molecule has 0 aromatic heterocycles. The minimum atomic E-state index is -0.926. The number of carbonyl (C=O) groups is 2. The van der Waals surface area contributed by atoms with Gasteiger partial charge < -0.3 is 20.4 Å². The molecule has 4 N–H and O–H groups in total. The second kappa shape index (κ2) is 11.1. The van der Waals surface area contributed by atoms with E-state index in [0.717, 1.165) is 43.2 Å². The van der Waals surface area contributed by atoms with Crippen LogP contribution in [0.1, 0.15) is 63.9 Å². The molecule has 0 spiro atoms. The molecule has 2 aliphatic carbocycles. The Balaban J connectivity index is 1.52. The number of likely N-dealkylation sites (tertiary alicyclic amines) is 1. The molecule has 190 valence electrons. The van der Waals surface area contributed by atoms with E-state index in [1.54, 1.807) is 12.1 Å². The van der Waals surface area contributed by atoms with E-state index in [4.69, 9.17) is 0 Å². The Kier molecular flexibility index (Phi) is 8.09. The SMILES string of the molecule is C/C(=C\c1ccc(O)cc1)CC[C@@H](O)C1=C(CO)C[C@H]2C(=O)N(C3CCCCC3)C(=O)[C@H]2[C@H]1CO. The fourth-order valence-electron chi connectivity index (χ4n) is 6.28. The summed E-state index contributed by atoms with van der Waals surface area (Å²) in [4.78, 5) is 28.2. The van der Waals surface area contributed by atoms with Crippen molar-refractivity contribution in [2.45, 2.75) is 70.4 Å². The van der Waals surface area contributed by atoms with E-state index in [0.29, 0.717) is 24.0 Å². The first-order valence-corrected chi connectivity index (χ1v) is 12.8. The molecule has 35 heavy (non-hydrogen) atoms. The smallest absolute Gasteiger partial charge is 0.234 e. The van der Waals surface area contributed by atoms with Crippen LogP contribution in [0.4, 0.5) is 0 Å². The second-order valence-electron chi connectivity index (χ2n) is 10.3. The maximum atomic E-state index is 13.5. The number of carbonyl (C=O) groups excluding carboxylic acids is 2. The molecule has 4 atom stereocenters. The molecule has 7 heteroatoms. The molecule has 1 saturated heterocycles. The molecule has 1 aromatic carbocycles. The number of hydrogen-bond donors (Lipinski definition) is 4. The number of phenolic OH excluding ortho intramolecular Hbond substituents is 1. The lowest BCUT2D eigenvalue weighted by atomic mass is 9.68. The molecule has 4 rings (SSSR count). The number of imide groups is 1. The number of rotatable bonds is 8. The summed E-state index contributed by atoms with van der Waals surface area (Å²) >= 11 is 0. The van der Waals surface area contributed by atoms with Gasteiger partial charge in [0, 0.05) is 12.0 Å². The van der Waals surface area contributed by atoms with Crippen LogP contribution in [0.3, 0.4) is 0 Å². The van der Waals surface area contributed by atoms with Crippen LogP contribution >= 0.6 is 0 Å². The predicted octanol–water partition coefficient (Wildman–Crippen LogP) is 3.17. The number of benzene rings is 1. The number of hydrogen-bond acceptors (Lipinski definition) is 6. The van der Waals surface area contributed by atoms with Gasteiger partial charge in [-0.2, -0.15) is 0 Å². The molecule has 0 radical (unpaired) electrons. The van der Waals surface area contributed by atoms with E-state index in [1.165, 1.54) is 4.90 Å². The summed E-state index contributed by atoms with van der Waals surface area (Å²) < 4.78 is 0. The molecule has 3 aliphatic rings. The summed E-state index contributed by atoms with van der Waals surface area (Å²) in [6, 6.07) is 6.78. The minimum absolute atomic E-state index is 0.0765. The van der Waals surface area contributed by atoms with Crippen molar-refractivity contribution < 1.29 is 30.0 Å². The number of nitrogens with zero attached hydrogens (tertiary/aromatic N) is 1. The maximum absolute atomic E-state index is 13.5. The van der Waals surface area contributed by atoms with Gasteiger partial charge in [0.25, 0.3) is 0 Å². The van der Waals surface area contributed by atoms with Gasteiger partial charge in [0.05, 0.1) is 31.2 Å². The second-order valence-corrected chi connectivity index (χ2v) is 10.3. The third-order valence-electron chi connectivity index (χ3n) is 8.02. The summed E-state index contributed by atoms with van der Waals surface area (Å²) in [5, 5.41) is 41.1. The Bertz CT molecular complexity index is 991. The van der Waals surface area contributed by atoms with Crippen LogP contribution in [-0.2, 0) is 9.59 Å². The van der Waals surface area contributed by atoms with E-state index in [-0.39, 0.29) is 43.2 Å². The zero-order valence-corrected chi connectivity index (χ0v) is 20.4. The average Bonchev–Trinajstić information content (AvgIpc) is 3.12. The van der Waals surface area contributed by atoms with Crippen molar-refractivity contribution >= 4 is 17.9 Å². The van der Waals surface area contributed by atoms with Gasteiger partial charge in [0.1, 0.15) is 5.75 Å². The first-order valence-electron chi connectivity index (χ1n) is 12.8. The zero-order valence-electron chi connectivity index (χ0n) is 20.4. The van der Waals surface area contributed by atoms with Gasteiger partial charge in [-0.05, 0) is 67.9 Å². The molecule has 2 fully saturated rings. The summed E-state index contributed by atoms with van der Waals surface area (Å²) in [6.07, 6.45) is 7.03. The molecule has 1 saturated carbocycles. The topological polar surface area (TPSA) is 118 Å². The standard InChI is InChI=1S/C28H37NO6/c1-17(13-18-8-10-21(32)11-9-18)7-12-24(33)25-19(15-30)14-22-26(23(25)16-31)28(35)29(27(22)34)20-5-3-2-4-6-20/h8-11,13,20,22-24,26,30-33H,2-7,12,14-16H2,1H3/b17-13+/t22-,23+,24-,26-/m1/s1. The third kappa shape index (κ3) is 5.22. The highest BCUT2D eigenvalue weighted by Crippen LogP contribution is 2.47. The molecule has 1 aliphatic heterocycles. The molecular formula is C28H37NO6. The largest absolute Gasteiger partial charge is 0.508 e. The van der Waals surface area contributed by atoms with E-state index >= 15 is 0 Å². The van der Waals surface area contributed by atoms with Crippen LogP contribution in [0.15, 0.2) is 41.0 Å². The number of fused-ring (bicyclic) bond motifs is 1. The van der Waals surface area contributed by atoms with Crippen molar-refractivity contribution in [2.24, 2.45) is 17.8 Å². The number of amides is 2. The lowest BCUT2D eigenvalue weighted by Crippen LogP contribution is -2.42. The average molecular weight is 484 g/mol. The third-order valence-corrected chi connectivity index (χ3v) is 8.02. The zero-order chi connectivity index (χ0) is 25.1. The lowest BCUT2D eigenvalue weighted by molar-refractivity contribution is -0.143. The minimum Gasteiger partial charge on any atom is -0.508 e. The highest BCUT2D eigenvalue weighted by molar-refractivity contribution is 6.06. The lowest BCUT2D eigenvalue weighted by Gasteiger charge is -2.36. The number of allylic oxidation sites excluding steroid dienone is 1. The Morgan fingerprint density at radius 1 is 1.09 bits per heavy atom. The van der Waals surface area contributed by atoms with Crippen molar-refractivity contribution in [3.8, 4) is 5.75 Å². The van der Waals surface area contributed by atoms with Crippen LogP contribution in [0.2, 0.25) is 0 Å². The molecular weight excluding hydrogens is 446 g/mol. The summed E-state index contributed by atoms with van der Waals surface area (Å²) in [5.41, 5.74) is 3.08. The highest BCUT2D eigenvalue weighted by atomic mass is 16.3. The van der Waals surface area contributed by atoms with Crippen LogP contribution < -0.4 is 0 Å². The molecule has 0 bridgehead atoms. The quantitative estimate of drug-likeness (QED) is 0.333. The van der Waals surface area contributed by atoms with Crippen molar-refractivity contribution in [3.63, 3.8) is 0 Å². The van der Waals surface area contributed by atoms with E-state index < -0.39 is 23.9 Å². The fraction of sp³-hybridized carbons (Fsp3) is 0.571. The van der Waals surface area contributed by atoms with Gasteiger partial charge >= 0.3 is 0 Å². The van der Waals surface area contributed by atoms with Gasteiger partial charge in [0.15, 0.2) is 0 Å². The number of aliphatic hydroxyl groups is 3. The van der Waals surface area contributed by atoms with Crippen LogP contribution in [-0.4, -0.2) is 62.5 Å². The van der Waals surface area contributed by atoms with Gasteiger partial charge in [-0.1, -0.05) is 43.0 Å². The van der Waals surface area contributed by atoms with Gasteiger partial charge in [0.2, 0.25) is 11.8 Å². The van der Waals surface area contributed by atoms with Crippen molar-refractivity contribution in [3.05, 3.63) is 46.5 Å². The Morgan fingerprint density at radius 3 is 2.40 bits per heavy atom.